The van der Waals surface area contributed by atoms with E-state index in [1.165, 1.54) is 11.1 Å². The zero-order valence-corrected chi connectivity index (χ0v) is 17.5. The lowest BCUT2D eigenvalue weighted by Crippen LogP contribution is -2.43. The van der Waals surface area contributed by atoms with Gasteiger partial charge in [0.15, 0.2) is 12.1 Å². The van der Waals surface area contributed by atoms with Crippen LogP contribution in [0.5, 0.6) is 0 Å². The predicted molar refractivity (Wildman–Crippen MR) is 112 cm³/mol. The lowest BCUT2D eigenvalue weighted by atomic mass is 10.1. The van der Waals surface area contributed by atoms with E-state index in [-0.39, 0.29) is 12.5 Å². The third kappa shape index (κ3) is 3.43. The minimum atomic E-state index is -0.966. The molecule has 1 N–H and O–H groups in total. The fourth-order valence-electron chi connectivity index (χ4n) is 3.93. The summed E-state index contributed by atoms with van der Waals surface area (Å²) in [7, 11) is 0. The van der Waals surface area contributed by atoms with Gasteiger partial charge in [0.25, 0.3) is 11.8 Å². The van der Waals surface area contributed by atoms with E-state index in [1.54, 1.807) is 18.2 Å². The molecule has 0 radical (unpaired) electrons. The molecule has 30 heavy (non-hydrogen) atoms. The molecule has 0 aromatic heterocycles. The maximum absolute atomic E-state index is 13.0. The number of nitrogens with one attached hydrogen (secondary N) is 1. The van der Waals surface area contributed by atoms with Crippen LogP contribution in [0.3, 0.4) is 0 Å². The first-order valence-electron chi connectivity index (χ1n) is 9.45. The highest BCUT2D eigenvalue weighted by Crippen LogP contribution is 2.32. The van der Waals surface area contributed by atoms with Gasteiger partial charge in [-0.25, -0.2) is 4.90 Å². The number of amides is 3. The van der Waals surface area contributed by atoms with Gasteiger partial charge in [0, 0.05) is 10.7 Å². The summed E-state index contributed by atoms with van der Waals surface area (Å²) in [5.41, 5.74) is 4.10. The molecule has 0 unspecified atom stereocenters. The number of carbonyl (C=O) groups is 3. The second kappa shape index (κ2) is 7.53. The molecule has 0 bridgehead atoms. The Morgan fingerprint density at radius 3 is 2.47 bits per heavy atom. The van der Waals surface area contributed by atoms with Crippen LogP contribution in [-0.4, -0.2) is 41.4 Å². The molecule has 2 aromatic rings. The molecule has 9 heteroatoms. The summed E-state index contributed by atoms with van der Waals surface area (Å²) in [4.78, 5) is 39.4. The van der Waals surface area contributed by atoms with Gasteiger partial charge in [0.1, 0.15) is 6.54 Å². The number of fused-ring (bicyclic) bond motifs is 1. The van der Waals surface area contributed by atoms with Crippen LogP contribution in [0.2, 0.25) is 5.02 Å². The highest BCUT2D eigenvalue weighted by Gasteiger charge is 2.55. The molecule has 2 heterocycles. The predicted octanol–water partition coefficient (Wildman–Crippen LogP) is 3.20. The zero-order chi connectivity index (χ0) is 21.6. The van der Waals surface area contributed by atoms with E-state index in [1.807, 2.05) is 32.9 Å². The van der Waals surface area contributed by atoms with Crippen LogP contribution in [0.15, 0.2) is 46.7 Å². The van der Waals surface area contributed by atoms with Crippen molar-refractivity contribution in [2.75, 3.05) is 16.8 Å². The second-order valence-corrected chi connectivity index (χ2v) is 7.94. The Morgan fingerprint density at radius 2 is 1.80 bits per heavy atom. The second-order valence-electron chi connectivity index (χ2n) is 7.51. The van der Waals surface area contributed by atoms with E-state index in [2.05, 4.69) is 15.7 Å². The standard InChI is InChI=1S/C21H20ClN5O3/c1-11-7-12(2)17(13(3)8-11)23-16(28)10-26-19-18(24-25-26)20(29)27(21(19)30)15-6-4-5-14(22)9-15/h4-9,18-19H,10H2,1-3H3,(H,23,28)/t18-,19+/m0/s1. The van der Waals surface area contributed by atoms with Crippen LogP contribution in [0.25, 0.3) is 0 Å². The summed E-state index contributed by atoms with van der Waals surface area (Å²) in [6.45, 7) is 5.64. The van der Waals surface area contributed by atoms with E-state index >= 15 is 0 Å². The largest absolute Gasteiger partial charge is 0.324 e. The SMILES string of the molecule is Cc1cc(C)c(NC(=O)CN2N=N[C@@H]3C(=O)N(c4cccc(Cl)c4)C(=O)[C@@H]32)c(C)c1. The Bertz CT molecular complexity index is 1080. The van der Waals surface area contributed by atoms with Gasteiger partial charge in [-0.05, 0) is 50.1 Å². The molecule has 2 aliphatic rings. The summed E-state index contributed by atoms with van der Waals surface area (Å²) >= 11 is 5.99. The topological polar surface area (TPSA) is 94.4 Å². The van der Waals surface area contributed by atoms with E-state index in [0.29, 0.717) is 10.7 Å². The first kappa shape index (κ1) is 20.0. The van der Waals surface area contributed by atoms with Crippen LogP contribution < -0.4 is 10.2 Å². The van der Waals surface area contributed by atoms with Crippen molar-refractivity contribution in [3.63, 3.8) is 0 Å². The van der Waals surface area contributed by atoms with Gasteiger partial charge >= 0.3 is 0 Å². The number of benzene rings is 2. The average Bonchev–Trinajstić information content (AvgIpc) is 3.18. The third-order valence-corrected chi connectivity index (χ3v) is 5.41. The quantitative estimate of drug-likeness (QED) is 0.761. The van der Waals surface area contributed by atoms with Gasteiger partial charge in [-0.1, -0.05) is 40.6 Å². The first-order valence-corrected chi connectivity index (χ1v) is 9.82. The van der Waals surface area contributed by atoms with Crippen molar-refractivity contribution < 1.29 is 14.4 Å². The number of halogens is 1. The zero-order valence-electron chi connectivity index (χ0n) is 16.7. The van der Waals surface area contributed by atoms with Crippen LogP contribution in [0, 0.1) is 20.8 Å². The van der Waals surface area contributed by atoms with Crippen molar-refractivity contribution in [1.82, 2.24) is 5.01 Å². The Labute approximate surface area is 178 Å². The van der Waals surface area contributed by atoms with Gasteiger partial charge in [0.05, 0.1) is 5.69 Å². The number of hydrogen-bond acceptors (Lipinski definition) is 6. The number of nitrogens with zero attached hydrogens (tertiary/aromatic N) is 4. The molecule has 0 spiro atoms. The third-order valence-electron chi connectivity index (χ3n) is 5.17. The number of anilines is 2. The Hall–Kier alpha value is -3.26. The molecule has 0 aliphatic carbocycles. The fourth-order valence-corrected chi connectivity index (χ4v) is 4.11. The number of imide groups is 1. The van der Waals surface area contributed by atoms with Gasteiger partial charge in [-0.15, -0.1) is 0 Å². The van der Waals surface area contributed by atoms with Gasteiger partial charge < -0.3 is 5.32 Å². The van der Waals surface area contributed by atoms with Crippen molar-refractivity contribution in [1.29, 1.82) is 0 Å². The van der Waals surface area contributed by atoms with E-state index in [9.17, 15) is 14.4 Å². The smallest absolute Gasteiger partial charge is 0.263 e. The molecular weight excluding hydrogens is 406 g/mol. The van der Waals surface area contributed by atoms with Crippen LogP contribution in [-0.2, 0) is 14.4 Å². The van der Waals surface area contributed by atoms with E-state index < -0.39 is 23.9 Å². The molecule has 2 aromatic carbocycles. The maximum Gasteiger partial charge on any atom is 0.263 e. The monoisotopic (exact) mass is 425 g/mol. The minimum absolute atomic E-state index is 0.195. The van der Waals surface area contributed by atoms with Crippen molar-refractivity contribution in [3.05, 3.63) is 58.1 Å². The first-order chi connectivity index (χ1) is 14.3. The lowest BCUT2D eigenvalue weighted by molar-refractivity contribution is -0.123. The minimum Gasteiger partial charge on any atom is -0.324 e. The van der Waals surface area contributed by atoms with Gasteiger partial charge in [-0.2, -0.15) is 5.11 Å². The van der Waals surface area contributed by atoms with Crippen LogP contribution in [0.1, 0.15) is 16.7 Å². The number of carbonyl (C=O) groups excluding carboxylic acids is 3. The molecule has 1 fully saturated rings. The number of rotatable bonds is 4. The average molecular weight is 426 g/mol. The van der Waals surface area contributed by atoms with Crippen molar-refractivity contribution in [3.8, 4) is 0 Å². The van der Waals surface area contributed by atoms with Crippen LogP contribution >= 0.6 is 11.6 Å². The van der Waals surface area contributed by atoms with E-state index in [0.717, 1.165) is 27.3 Å². The van der Waals surface area contributed by atoms with Crippen molar-refractivity contribution in [2.24, 2.45) is 10.3 Å². The lowest BCUT2D eigenvalue weighted by Gasteiger charge is -2.21. The molecule has 2 aliphatic heterocycles. The molecule has 1 saturated heterocycles. The molecule has 2 atom stereocenters. The summed E-state index contributed by atoms with van der Waals surface area (Å²) in [5.74, 6) is -1.30. The molecule has 3 amide bonds. The van der Waals surface area contributed by atoms with Gasteiger partial charge in [0.2, 0.25) is 5.91 Å². The highest BCUT2D eigenvalue weighted by atomic mass is 35.5. The van der Waals surface area contributed by atoms with Crippen molar-refractivity contribution >= 4 is 40.7 Å². The van der Waals surface area contributed by atoms with Gasteiger partial charge in [-0.3, -0.25) is 19.4 Å². The summed E-state index contributed by atoms with van der Waals surface area (Å²) in [6, 6.07) is 8.53. The Balaban J connectivity index is 1.51. The molecule has 154 valence electrons. The number of hydrogen-bond donors (Lipinski definition) is 1. The van der Waals surface area contributed by atoms with E-state index in [4.69, 9.17) is 11.6 Å². The Morgan fingerprint density at radius 1 is 1.10 bits per heavy atom. The number of aryl methyl sites for hydroxylation is 3. The Kier molecular flexibility index (Phi) is 5.03. The van der Waals surface area contributed by atoms with Crippen LogP contribution in [0.4, 0.5) is 11.4 Å². The molecule has 8 nitrogen and oxygen atoms in total. The summed E-state index contributed by atoms with van der Waals surface area (Å²) in [6.07, 6.45) is 0. The maximum atomic E-state index is 13.0. The normalized spacial score (nSPS) is 20.1. The summed E-state index contributed by atoms with van der Waals surface area (Å²) in [5, 5.41) is 12.4. The molecule has 4 rings (SSSR count). The summed E-state index contributed by atoms with van der Waals surface area (Å²) < 4.78 is 0. The highest BCUT2D eigenvalue weighted by molar-refractivity contribution is 6.31. The molecular formula is C21H20ClN5O3. The molecule has 0 saturated carbocycles. The van der Waals surface area contributed by atoms with Crippen molar-refractivity contribution in [2.45, 2.75) is 32.9 Å². The fraction of sp³-hybridized carbons (Fsp3) is 0.286.